The lowest BCUT2D eigenvalue weighted by atomic mass is 10.0. The lowest BCUT2D eigenvalue weighted by Gasteiger charge is -2.06. The first-order chi connectivity index (χ1) is 12.6. The number of aromatic nitrogens is 4. The Morgan fingerprint density at radius 2 is 1.96 bits per heavy atom. The molecule has 0 amide bonds. The number of hydrogen-bond acceptors (Lipinski definition) is 6. The first-order valence-corrected chi connectivity index (χ1v) is 7.95. The van der Waals surface area contributed by atoms with E-state index in [4.69, 9.17) is 15.4 Å². The molecule has 26 heavy (non-hydrogen) atoms. The summed E-state index contributed by atoms with van der Waals surface area (Å²) in [4.78, 5) is 15.3. The highest BCUT2D eigenvalue weighted by atomic mass is 16.5. The Morgan fingerprint density at radius 3 is 2.73 bits per heavy atom. The van der Waals surface area contributed by atoms with Gasteiger partial charge in [0.15, 0.2) is 0 Å². The van der Waals surface area contributed by atoms with Gasteiger partial charge in [0, 0.05) is 16.5 Å². The zero-order chi connectivity index (χ0) is 18.1. The van der Waals surface area contributed by atoms with Gasteiger partial charge in [0.2, 0.25) is 5.82 Å². The van der Waals surface area contributed by atoms with E-state index in [-0.39, 0.29) is 6.42 Å². The van der Waals surface area contributed by atoms with Gasteiger partial charge >= 0.3 is 5.97 Å². The first kappa shape index (κ1) is 16.0. The molecule has 0 saturated heterocycles. The molecule has 2 heterocycles. The van der Waals surface area contributed by atoms with E-state index < -0.39 is 12.0 Å². The van der Waals surface area contributed by atoms with E-state index in [1.165, 1.54) is 0 Å². The predicted molar refractivity (Wildman–Crippen MR) is 94.1 cm³/mol. The number of rotatable bonds is 5. The molecule has 0 aliphatic heterocycles. The summed E-state index contributed by atoms with van der Waals surface area (Å²) >= 11 is 0. The molecule has 1 atom stereocenters. The van der Waals surface area contributed by atoms with Crippen LogP contribution in [0.25, 0.3) is 33.7 Å². The van der Waals surface area contributed by atoms with Crippen LogP contribution in [0.15, 0.2) is 53.2 Å². The van der Waals surface area contributed by atoms with Gasteiger partial charge in [-0.2, -0.15) is 10.1 Å². The number of fused-ring (bicyclic) bond motifs is 1. The number of hydrogen-bond donors (Lipinski definition) is 3. The zero-order valence-corrected chi connectivity index (χ0v) is 13.6. The van der Waals surface area contributed by atoms with Crippen LogP contribution >= 0.6 is 0 Å². The lowest BCUT2D eigenvalue weighted by Crippen LogP contribution is -2.32. The van der Waals surface area contributed by atoms with Gasteiger partial charge in [0.1, 0.15) is 6.04 Å². The maximum absolute atomic E-state index is 10.8. The van der Waals surface area contributed by atoms with Gasteiger partial charge in [-0.1, -0.05) is 35.5 Å². The van der Waals surface area contributed by atoms with Crippen molar-refractivity contribution >= 4 is 16.9 Å². The minimum atomic E-state index is -1.02. The third kappa shape index (κ3) is 3.05. The largest absolute Gasteiger partial charge is 0.480 e. The molecule has 0 aliphatic rings. The summed E-state index contributed by atoms with van der Waals surface area (Å²) in [6, 6.07) is 12.1. The van der Waals surface area contributed by atoms with Crippen LogP contribution in [0.3, 0.4) is 0 Å². The molecule has 4 N–H and O–H groups in total. The zero-order valence-electron chi connectivity index (χ0n) is 13.6. The van der Waals surface area contributed by atoms with Crippen LogP contribution < -0.4 is 5.73 Å². The van der Waals surface area contributed by atoms with Crippen LogP contribution in [-0.4, -0.2) is 37.5 Å². The summed E-state index contributed by atoms with van der Waals surface area (Å²) in [7, 11) is 0. The second kappa shape index (κ2) is 6.41. The van der Waals surface area contributed by atoms with Crippen LogP contribution in [0, 0.1) is 0 Å². The summed E-state index contributed by atoms with van der Waals surface area (Å²) in [6.07, 6.45) is 2.01. The van der Waals surface area contributed by atoms with Crippen molar-refractivity contribution in [3.8, 4) is 22.8 Å². The van der Waals surface area contributed by atoms with Crippen molar-refractivity contribution in [2.75, 3.05) is 0 Å². The summed E-state index contributed by atoms with van der Waals surface area (Å²) in [5.74, 6) is -0.154. The SMILES string of the molecule is N[C@@H](Cc1ccc(-c2noc(-c3ccc4cn[nH]c4c3)n2)cc1)C(=O)O. The Kier molecular flexibility index (Phi) is 3.94. The third-order valence-corrected chi connectivity index (χ3v) is 4.10. The fraction of sp³-hybridized carbons (Fsp3) is 0.111. The molecule has 0 fully saturated rings. The van der Waals surface area contributed by atoms with Gasteiger partial charge in [0.05, 0.1) is 11.7 Å². The van der Waals surface area contributed by atoms with Crippen molar-refractivity contribution in [1.29, 1.82) is 0 Å². The molecular weight excluding hydrogens is 334 g/mol. The fourth-order valence-corrected chi connectivity index (χ4v) is 2.66. The molecule has 0 saturated carbocycles. The highest BCUT2D eigenvalue weighted by Crippen LogP contribution is 2.25. The van der Waals surface area contributed by atoms with Crippen LogP contribution in [0.1, 0.15) is 5.56 Å². The molecule has 4 rings (SSSR count). The number of benzene rings is 2. The van der Waals surface area contributed by atoms with Gasteiger partial charge < -0.3 is 15.4 Å². The topological polar surface area (TPSA) is 131 Å². The van der Waals surface area contributed by atoms with Gasteiger partial charge in [-0.3, -0.25) is 9.89 Å². The summed E-state index contributed by atoms with van der Waals surface area (Å²) < 4.78 is 5.36. The van der Waals surface area contributed by atoms with Crippen LogP contribution in [0.5, 0.6) is 0 Å². The van der Waals surface area contributed by atoms with Crippen molar-refractivity contribution in [3.05, 3.63) is 54.2 Å². The normalized spacial score (nSPS) is 12.3. The van der Waals surface area contributed by atoms with E-state index in [2.05, 4.69) is 20.3 Å². The highest BCUT2D eigenvalue weighted by molar-refractivity contribution is 5.82. The Morgan fingerprint density at radius 1 is 1.19 bits per heavy atom. The number of carboxylic acids is 1. The number of nitrogens with zero attached hydrogens (tertiary/aromatic N) is 3. The number of carboxylic acid groups (broad SMARTS) is 1. The molecule has 8 heteroatoms. The molecule has 4 aromatic rings. The van der Waals surface area contributed by atoms with Crippen molar-refractivity contribution in [2.45, 2.75) is 12.5 Å². The van der Waals surface area contributed by atoms with Gasteiger partial charge in [-0.15, -0.1) is 0 Å². The minimum absolute atomic E-state index is 0.261. The summed E-state index contributed by atoms with van der Waals surface area (Å²) in [6.45, 7) is 0. The van der Waals surface area contributed by atoms with Crippen molar-refractivity contribution in [1.82, 2.24) is 20.3 Å². The molecular formula is C18H15N5O3. The van der Waals surface area contributed by atoms with Crippen LogP contribution in [0.4, 0.5) is 0 Å². The number of aromatic amines is 1. The molecule has 0 unspecified atom stereocenters. The first-order valence-electron chi connectivity index (χ1n) is 7.95. The minimum Gasteiger partial charge on any atom is -0.480 e. The van der Waals surface area contributed by atoms with Gasteiger partial charge in [0.25, 0.3) is 5.89 Å². The van der Waals surface area contributed by atoms with Gasteiger partial charge in [-0.25, -0.2) is 0 Å². The quantitative estimate of drug-likeness (QED) is 0.503. The Hall–Kier alpha value is -3.52. The average Bonchev–Trinajstić information content (AvgIpc) is 3.31. The Labute approximate surface area is 147 Å². The lowest BCUT2D eigenvalue weighted by molar-refractivity contribution is -0.138. The summed E-state index contributed by atoms with van der Waals surface area (Å²) in [5, 5.41) is 20.8. The number of aliphatic carboxylic acids is 1. The van der Waals surface area contributed by atoms with Crippen molar-refractivity contribution < 1.29 is 14.4 Å². The standard InChI is InChI=1S/C18H15N5O3/c19-14(18(24)25)7-10-1-3-11(4-2-10)16-21-17(26-23-16)12-5-6-13-9-20-22-15(13)8-12/h1-6,8-9,14H,7,19H2,(H,20,22)(H,24,25)/t14-/m0/s1. The van der Waals surface area contributed by atoms with E-state index in [0.29, 0.717) is 11.7 Å². The highest BCUT2D eigenvalue weighted by Gasteiger charge is 2.14. The maximum Gasteiger partial charge on any atom is 0.320 e. The molecule has 0 bridgehead atoms. The van der Waals surface area contributed by atoms with Crippen LogP contribution in [0.2, 0.25) is 0 Å². The number of H-pyrrole nitrogens is 1. The molecule has 0 spiro atoms. The third-order valence-electron chi connectivity index (χ3n) is 4.10. The van der Waals surface area contributed by atoms with Crippen molar-refractivity contribution in [2.24, 2.45) is 5.73 Å². The second-order valence-corrected chi connectivity index (χ2v) is 5.94. The van der Waals surface area contributed by atoms with E-state index in [0.717, 1.165) is 27.6 Å². The predicted octanol–water partition coefficient (Wildman–Crippen LogP) is 2.23. The smallest absolute Gasteiger partial charge is 0.320 e. The van der Waals surface area contributed by atoms with Gasteiger partial charge in [-0.05, 0) is 24.1 Å². The van der Waals surface area contributed by atoms with Crippen molar-refractivity contribution in [3.63, 3.8) is 0 Å². The van der Waals surface area contributed by atoms with E-state index in [1.807, 2.05) is 42.5 Å². The maximum atomic E-state index is 10.8. The number of nitrogens with two attached hydrogens (primary N) is 1. The molecule has 0 aliphatic carbocycles. The Balaban J connectivity index is 1.56. The Bertz CT molecular complexity index is 1070. The number of carbonyl (C=O) groups is 1. The molecule has 2 aromatic heterocycles. The fourth-order valence-electron chi connectivity index (χ4n) is 2.66. The summed E-state index contributed by atoms with van der Waals surface area (Å²) in [5.41, 5.74) is 8.84. The average molecular weight is 349 g/mol. The van der Waals surface area contributed by atoms with Crippen LogP contribution in [-0.2, 0) is 11.2 Å². The van der Waals surface area contributed by atoms with E-state index in [1.54, 1.807) is 6.20 Å². The second-order valence-electron chi connectivity index (χ2n) is 5.94. The van der Waals surface area contributed by atoms with E-state index >= 15 is 0 Å². The molecule has 8 nitrogen and oxygen atoms in total. The monoisotopic (exact) mass is 349 g/mol. The molecule has 0 radical (unpaired) electrons. The molecule has 130 valence electrons. The number of nitrogens with one attached hydrogen (secondary N) is 1. The van der Waals surface area contributed by atoms with E-state index in [9.17, 15) is 4.79 Å². The molecule has 2 aromatic carbocycles.